The van der Waals surface area contributed by atoms with Gasteiger partial charge in [0.25, 0.3) is 5.56 Å². The van der Waals surface area contributed by atoms with Crippen LogP contribution in [-0.4, -0.2) is 21.2 Å². The molecule has 26 heavy (non-hydrogen) atoms. The first-order valence-electron chi connectivity index (χ1n) is 8.51. The molecule has 1 aromatic carbocycles. The molecule has 0 fully saturated rings. The first-order chi connectivity index (χ1) is 12.2. The van der Waals surface area contributed by atoms with Gasteiger partial charge in [-0.15, -0.1) is 0 Å². The van der Waals surface area contributed by atoms with Crippen LogP contribution in [0.1, 0.15) is 32.0 Å². The van der Waals surface area contributed by atoms with Gasteiger partial charge in [-0.05, 0) is 17.7 Å². The summed E-state index contributed by atoms with van der Waals surface area (Å²) in [6.07, 6.45) is 0. The minimum atomic E-state index is -0.250. The van der Waals surface area contributed by atoms with E-state index < -0.39 is 0 Å². The third kappa shape index (κ3) is 4.30. The van der Waals surface area contributed by atoms with Gasteiger partial charge in [-0.2, -0.15) is 0 Å². The molecule has 1 aromatic heterocycles. The highest BCUT2D eigenvalue weighted by Gasteiger charge is 2.28. The lowest BCUT2D eigenvalue weighted by molar-refractivity contribution is -0.125. The largest absolute Gasteiger partial charge is 0.352 e. The molecule has 1 N–H and O–H groups in total. The lowest BCUT2D eigenvalue weighted by atomic mass is 9.92. The maximum absolute atomic E-state index is 12.5. The van der Waals surface area contributed by atoms with Crippen LogP contribution in [-0.2, 0) is 23.3 Å². The molecule has 1 aliphatic rings. The third-order valence-corrected chi connectivity index (χ3v) is 5.70. The van der Waals surface area contributed by atoms with E-state index in [1.54, 1.807) is 22.8 Å². The fourth-order valence-corrected chi connectivity index (χ4v) is 3.91. The highest BCUT2D eigenvalue weighted by molar-refractivity contribution is 7.99. The molecule has 3 rings (SSSR count). The molecular formula is C19H22ClN3O2S. The Morgan fingerprint density at radius 2 is 2.04 bits per heavy atom. The number of benzene rings is 1. The predicted octanol–water partition coefficient (Wildman–Crippen LogP) is 3.23. The van der Waals surface area contributed by atoms with Gasteiger partial charge in [0.05, 0.1) is 11.6 Å². The van der Waals surface area contributed by atoms with E-state index in [4.69, 9.17) is 11.6 Å². The molecule has 2 heterocycles. The van der Waals surface area contributed by atoms with Gasteiger partial charge in [0.15, 0.2) is 5.16 Å². The Hall–Kier alpha value is -1.79. The summed E-state index contributed by atoms with van der Waals surface area (Å²) in [6, 6.07) is 8.95. The van der Waals surface area contributed by atoms with Gasteiger partial charge >= 0.3 is 0 Å². The molecule has 0 saturated carbocycles. The number of fused-ring (bicyclic) bond motifs is 1. The molecule has 7 heteroatoms. The number of rotatable bonds is 3. The number of hydrogen-bond donors (Lipinski definition) is 1. The first kappa shape index (κ1) is 19.0. The molecule has 0 spiro atoms. The second-order valence-corrected chi connectivity index (χ2v) is 8.90. The van der Waals surface area contributed by atoms with Crippen molar-refractivity contribution in [3.63, 3.8) is 0 Å². The van der Waals surface area contributed by atoms with Crippen molar-refractivity contribution in [3.8, 4) is 0 Å². The summed E-state index contributed by atoms with van der Waals surface area (Å²) in [7, 11) is 0. The van der Waals surface area contributed by atoms with Gasteiger partial charge in [0.1, 0.15) is 0 Å². The minimum absolute atomic E-state index is 0.0510. The van der Waals surface area contributed by atoms with Crippen LogP contribution in [0.15, 0.2) is 40.3 Å². The van der Waals surface area contributed by atoms with Crippen LogP contribution in [0.25, 0.3) is 0 Å². The number of carbonyl (C=O) groups is 1. The molecule has 0 radical (unpaired) electrons. The SMILES string of the molecule is CC(C)(C)c1cc(=O)n2c(n1)SC[C@H](C(=O)NCc1ccc(Cl)cc1)C2. The summed E-state index contributed by atoms with van der Waals surface area (Å²) in [5, 5.41) is 4.31. The summed E-state index contributed by atoms with van der Waals surface area (Å²) in [6.45, 7) is 6.91. The van der Waals surface area contributed by atoms with Crippen LogP contribution in [0.4, 0.5) is 0 Å². The van der Waals surface area contributed by atoms with Gasteiger partial charge in [0.2, 0.25) is 5.91 Å². The molecule has 1 aliphatic heterocycles. The maximum Gasteiger partial charge on any atom is 0.254 e. The van der Waals surface area contributed by atoms with Gasteiger partial charge in [-0.1, -0.05) is 56.3 Å². The van der Waals surface area contributed by atoms with Crippen molar-refractivity contribution in [1.82, 2.24) is 14.9 Å². The Bertz CT molecular complexity index is 872. The number of halogens is 1. The number of hydrogen-bond acceptors (Lipinski definition) is 4. The van der Waals surface area contributed by atoms with Gasteiger partial charge < -0.3 is 5.32 Å². The van der Waals surface area contributed by atoms with Crippen molar-refractivity contribution in [1.29, 1.82) is 0 Å². The Morgan fingerprint density at radius 3 is 2.69 bits per heavy atom. The molecule has 1 amide bonds. The number of aromatic nitrogens is 2. The number of amides is 1. The molecule has 0 aliphatic carbocycles. The topological polar surface area (TPSA) is 64.0 Å². The Labute approximate surface area is 162 Å². The van der Waals surface area contributed by atoms with Crippen LogP contribution in [0.3, 0.4) is 0 Å². The molecular weight excluding hydrogens is 370 g/mol. The molecule has 5 nitrogen and oxygen atoms in total. The lowest BCUT2D eigenvalue weighted by Gasteiger charge is -2.26. The number of carbonyl (C=O) groups excluding carboxylic acids is 1. The van der Waals surface area contributed by atoms with E-state index in [-0.39, 0.29) is 22.8 Å². The van der Waals surface area contributed by atoms with Crippen molar-refractivity contribution in [3.05, 3.63) is 57.0 Å². The van der Waals surface area contributed by atoms with Gasteiger partial charge in [-0.3, -0.25) is 14.2 Å². The van der Waals surface area contributed by atoms with Gasteiger partial charge in [0, 0.05) is 35.3 Å². The summed E-state index contributed by atoms with van der Waals surface area (Å²) >= 11 is 7.34. The standard InChI is InChI=1S/C19H22ClN3O2S/c1-19(2,3)15-8-16(24)23-10-13(11-26-18(23)22-15)17(25)21-9-12-4-6-14(20)7-5-12/h4-8,13H,9-11H2,1-3H3,(H,21,25)/t13-/m1/s1. The fourth-order valence-electron chi connectivity index (χ4n) is 2.69. The Morgan fingerprint density at radius 1 is 1.35 bits per heavy atom. The third-order valence-electron chi connectivity index (χ3n) is 4.31. The second kappa shape index (κ2) is 7.45. The van der Waals surface area contributed by atoms with E-state index in [1.165, 1.54) is 11.8 Å². The second-order valence-electron chi connectivity index (χ2n) is 7.47. The van der Waals surface area contributed by atoms with Crippen molar-refractivity contribution in [2.45, 2.75) is 44.4 Å². The van der Waals surface area contributed by atoms with Crippen LogP contribution < -0.4 is 10.9 Å². The zero-order valence-electron chi connectivity index (χ0n) is 15.1. The van der Waals surface area contributed by atoms with E-state index in [9.17, 15) is 9.59 Å². The van der Waals surface area contributed by atoms with Crippen LogP contribution >= 0.6 is 23.4 Å². The summed E-state index contributed by atoms with van der Waals surface area (Å²) in [4.78, 5) is 29.6. The predicted molar refractivity (Wildman–Crippen MR) is 105 cm³/mol. The molecule has 0 bridgehead atoms. The molecule has 138 valence electrons. The highest BCUT2D eigenvalue weighted by atomic mass is 35.5. The number of nitrogens with one attached hydrogen (secondary N) is 1. The maximum atomic E-state index is 12.5. The molecule has 2 aromatic rings. The first-order valence-corrected chi connectivity index (χ1v) is 9.88. The Kier molecular flexibility index (Phi) is 5.44. The van der Waals surface area contributed by atoms with Crippen LogP contribution in [0.5, 0.6) is 0 Å². The fraction of sp³-hybridized carbons (Fsp3) is 0.421. The molecule has 0 saturated heterocycles. The number of thioether (sulfide) groups is 1. The van der Waals surface area contributed by atoms with E-state index in [1.807, 2.05) is 32.9 Å². The van der Waals surface area contributed by atoms with Crippen LogP contribution in [0.2, 0.25) is 5.02 Å². The lowest BCUT2D eigenvalue weighted by Crippen LogP contribution is -2.40. The monoisotopic (exact) mass is 391 g/mol. The zero-order valence-corrected chi connectivity index (χ0v) is 16.7. The smallest absolute Gasteiger partial charge is 0.254 e. The average molecular weight is 392 g/mol. The normalized spacial score (nSPS) is 16.8. The van der Waals surface area contributed by atoms with E-state index >= 15 is 0 Å². The van der Waals surface area contributed by atoms with Crippen LogP contribution in [0, 0.1) is 5.92 Å². The summed E-state index contributed by atoms with van der Waals surface area (Å²) in [5.41, 5.74) is 1.50. The van der Waals surface area contributed by atoms with Crippen molar-refractivity contribution in [2.24, 2.45) is 5.92 Å². The van der Waals surface area contributed by atoms with Crippen molar-refractivity contribution < 1.29 is 4.79 Å². The quantitative estimate of drug-likeness (QED) is 0.816. The zero-order chi connectivity index (χ0) is 18.9. The van der Waals surface area contributed by atoms with Crippen molar-refractivity contribution >= 4 is 29.3 Å². The van der Waals surface area contributed by atoms with Crippen molar-refractivity contribution in [2.75, 3.05) is 5.75 Å². The minimum Gasteiger partial charge on any atom is -0.352 e. The number of nitrogens with zero attached hydrogens (tertiary/aromatic N) is 2. The highest BCUT2D eigenvalue weighted by Crippen LogP contribution is 2.28. The van der Waals surface area contributed by atoms with E-state index in [0.717, 1.165) is 11.3 Å². The van der Waals surface area contributed by atoms with Gasteiger partial charge in [-0.25, -0.2) is 4.98 Å². The Balaban J connectivity index is 1.69. The summed E-state index contributed by atoms with van der Waals surface area (Å²) < 4.78 is 1.61. The average Bonchev–Trinajstić information content (AvgIpc) is 2.60. The summed E-state index contributed by atoms with van der Waals surface area (Å²) in [5.74, 6) is 0.316. The van der Waals surface area contributed by atoms with E-state index in [2.05, 4.69) is 10.3 Å². The van der Waals surface area contributed by atoms with E-state index in [0.29, 0.717) is 29.0 Å². The molecule has 0 unspecified atom stereocenters. The molecule has 1 atom stereocenters.